The average Bonchev–Trinajstić information content (AvgIpc) is 3.16. The molecule has 154 valence electrons. The summed E-state index contributed by atoms with van der Waals surface area (Å²) >= 11 is 0. The third-order valence-corrected chi connectivity index (χ3v) is 4.09. The van der Waals surface area contributed by atoms with Crippen LogP contribution >= 0.6 is 0 Å². The number of carbonyl (C=O) groups is 1. The highest BCUT2D eigenvalue weighted by Crippen LogP contribution is 2.17. The van der Waals surface area contributed by atoms with E-state index in [1.165, 1.54) is 0 Å². The number of rotatable bonds is 3. The number of carboxylic acids is 1. The van der Waals surface area contributed by atoms with E-state index in [2.05, 4.69) is 30.7 Å². The Balaban J connectivity index is 0.000000298. The highest BCUT2D eigenvalue weighted by atomic mass is 19.4. The van der Waals surface area contributed by atoms with Crippen LogP contribution in [0, 0.1) is 0 Å². The van der Waals surface area contributed by atoms with Crippen molar-refractivity contribution in [3.8, 4) is 11.4 Å². The van der Waals surface area contributed by atoms with E-state index in [0.717, 1.165) is 43.0 Å². The molecular weight excluding hydrogens is 391 g/mol. The van der Waals surface area contributed by atoms with Gasteiger partial charge in [0.15, 0.2) is 5.65 Å². The first-order valence-electron chi connectivity index (χ1n) is 8.74. The Morgan fingerprint density at radius 3 is 2.52 bits per heavy atom. The minimum atomic E-state index is -5.08. The highest BCUT2D eigenvalue weighted by Gasteiger charge is 2.38. The van der Waals surface area contributed by atoms with E-state index >= 15 is 0 Å². The molecule has 3 N–H and O–H groups in total. The third-order valence-electron chi connectivity index (χ3n) is 4.09. The van der Waals surface area contributed by atoms with Crippen LogP contribution in [0.5, 0.6) is 0 Å². The summed E-state index contributed by atoms with van der Waals surface area (Å²) in [7, 11) is 0. The van der Waals surface area contributed by atoms with Gasteiger partial charge in [-0.1, -0.05) is 0 Å². The molecule has 0 unspecified atom stereocenters. The van der Waals surface area contributed by atoms with Crippen LogP contribution in [0.4, 0.5) is 19.1 Å². The number of carboxylic acid groups (broad SMARTS) is 1. The molecule has 3 aromatic heterocycles. The molecule has 0 radical (unpaired) electrons. The van der Waals surface area contributed by atoms with Crippen molar-refractivity contribution in [3.05, 3.63) is 36.8 Å². The molecule has 0 atom stereocenters. The predicted octanol–water partition coefficient (Wildman–Crippen LogP) is 1.98. The van der Waals surface area contributed by atoms with E-state index < -0.39 is 12.1 Å². The first kappa shape index (κ1) is 20.5. The van der Waals surface area contributed by atoms with E-state index in [9.17, 15) is 13.2 Å². The number of hydrogen-bond acceptors (Lipinski definition) is 7. The molecule has 4 rings (SSSR count). The number of nitrogens with one attached hydrogen (secondary N) is 2. The second-order valence-corrected chi connectivity index (χ2v) is 6.18. The summed E-state index contributed by atoms with van der Waals surface area (Å²) in [5.41, 5.74) is 2.45. The van der Waals surface area contributed by atoms with Crippen LogP contribution in [0.3, 0.4) is 0 Å². The van der Waals surface area contributed by atoms with Crippen molar-refractivity contribution in [2.45, 2.75) is 25.1 Å². The van der Waals surface area contributed by atoms with Gasteiger partial charge in [0.25, 0.3) is 0 Å². The fourth-order valence-corrected chi connectivity index (χ4v) is 2.67. The molecule has 0 aliphatic carbocycles. The zero-order chi connectivity index (χ0) is 20.9. The lowest BCUT2D eigenvalue weighted by Gasteiger charge is -2.23. The number of aliphatic carboxylic acids is 1. The standard InChI is InChI=1S/C15H17N7.C2HF3O2/c1-6-16-7-2-11(1)19-15-17-8-3-12(21-15)13-5-10-22-14(20-13)4-9-18-22;3-2(4,5)1(6)7/h3-5,8-11,16H,1-2,6-7H2,(H,17,19,21);(H,6,7). The van der Waals surface area contributed by atoms with Crippen LogP contribution in [0.1, 0.15) is 12.8 Å². The molecule has 12 heteroatoms. The highest BCUT2D eigenvalue weighted by molar-refractivity contribution is 5.73. The zero-order valence-electron chi connectivity index (χ0n) is 15.1. The van der Waals surface area contributed by atoms with Crippen LogP contribution < -0.4 is 10.6 Å². The molecule has 0 spiro atoms. The van der Waals surface area contributed by atoms with Gasteiger partial charge in [-0.05, 0) is 38.1 Å². The van der Waals surface area contributed by atoms with Gasteiger partial charge < -0.3 is 15.7 Å². The van der Waals surface area contributed by atoms with Crippen molar-refractivity contribution in [1.29, 1.82) is 0 Å². The Bertz CT molecular complexity index is 971. The van der Waals surface area contributed by atoms with Crippen molar-refractivity contribution in [3.63, 3.8) is 0 Å². The summed E-state index contributed by atoms with van der Waals surface area (Å²) < 4.78 is 33.5. The summed E-state index contributed by atoms with van der Waals surface area (Å²) in [6.07, 6.45) is 2.49. The van der Waals surface area contributed by atoms with Crippen LogP contribution in [0.2, 0.25) is 0 Å². The Morgan fingerprint density at radius 2 is 1.83 bits per heavy atom. The van der Waals surface area contributed by atoms with Crippen LogP contribution in [-0.2, 0) is 4.79 Å². The molecule has 3 aromatic rings. The van der Waals surface area contributed by atoms with Crippen molar-refractivity contribution in [1.82, 2.24) is 29.9 Å². The molecular formula is C17H18F3N7O2. The first-order chi connectivity index (χ1) is 13.8. The maximum Gasteiger partial charge on any atom is 0.490 e. The van der Waals surface area contributed by atoms with Gasteiger partial charge in [0.2, 0.25) is 5.95 Å². The summed E-state index contributed by atoms with van der Waals surface area (Å²) in [4.78, 5) is 22.4. The first-order valence-corrected chi connectivity index (χ1v) is 8.74. The number of alkyl halides is 3. The molecule has 1 fully saturated rings. The number of aromatic nitrogens is 5. The quantitative estimate of drug-likeness (QED) is 0.601. The van der Waals surface area contributed by atoms with Crippen LogP contribution in [-0.4, -0.2) is 60.9 Å². The Morgan fingerprint density at radius 1 is 1.14 bits per heavy atom. The molecule has 9 nitrogen and oxygen atoms in total. The number of anilines is 1. The molecule has 1 aliphatic rings. The Labute approximate surface area is 163 Å². The van der Waals surface area contributed by atoms with Gasteiger partial charge in [-0.15, -0.1) is 0 Å². The van der Waals surface area contributed by atoms with Crippen LogP contribution in [0.15, 0.2) is 36.8 Å². The molecule has 0 aromatic carbocycles. The Hall–Kier alpha value is -3.28. The average molecular weight is 409 g/mol. The van der Waals surface area contributed by atoms with Gasteiger partial charge in [0.1, 0.15) is 0 Å². The monoisotopic (exact) mass is 409 g/mol. The third kappa shape index (κ3) is 5.60. The van der Waals surface area contributed by atoms with Gasteiger partial charge >= 0.3 is 12.1 Å². The lowest BCUT2D eigenvalue weighted by molar-refractivity contribution is -0.192. The van der Waals surface area contributed by atoms with E-state index in [4.69, 9.17) is 9.90 Å². The summed E-state index contributed by atoms with van der Waals surface area (Å²) in [6, 6.07) is 6.10. The van der Waals surface area contributed by atoms with Crippen molar-refractivity contribution in [2.75, 3.05) is 18.4 Å². The van der Waals surface area contributed by atoms with Gasteiger partial charge in [0, 0.05) is 24.5 Å². The van der Waals surface area contributed by atoms with Crippen molar-refractivity contribution in [2.24, 2.45) is 0 Å². The fourth-order valence-electron chi connectivity index (χ4n) is 2.67. The number of fused-ring (bicyclic) bond motifs is 1. The van der Waals surface area contributed by atoms with Crippen molar-refractivity contribution < 1.29 is 23.1 Å². The minimum Gasteiger partial charge on any atom is -0.475 e. The van der Waals surface area contributed by atoms with E-state index in [1.54, 1.807) is 16.9 Å². The lowest BCUT2D eigenvalue weighted by atomic mass is 10.1. The number of hydrogen-bond donors (Lipinski definition) is 3. The SMILES string of the molecule is O=C(O)C(F)(F)F.c1cc(-c2ccn3nccc3n2)nc(NC2CCNCC2)n1. The van der Waals surface area contributed by atoms with E-state index in [0.29, 0.717) is 12.0 Å². The molecule has 0 saturated carbocycles. The minimum absolute atomic E-state index is 0.432. The largest absolute Gasteiger partial charge is 0.490 e. The molecule has 0 bridgehead atoms. The second kappa shape index (κ2) is 8.82. The summed E-state index contributed by atoms with van der Waals surface area (Å²) in [5, 5.41) is 18.0. The summed E-state index contributed by atoms with van der Waals surface area (Å²) in [5.74, 6) is -2.09. The number of piperidine rings is 1. The number of halogens is 3. The smallest absolute Gasteiger partial charge is 0.475 e. The number of nitrogens with zero attached hydrogens (tertiary/aromatic N) is 5. The maximum absolute atomic E-state index is 10.6. The summed E-state index contributed by atoms with van der Waals surface area (Å²) in [6.45, 7) is 2.08. The fraction of sp³-hybridized carbons (Fsp3) is 0.353. The van der Waals surface area contributed by atoms with E-state index in [1.807, 2.05) is 24.4 Å². The normalized spacial score (nSPS) is 14.9. The molecule has 4 heterocycles. The van der Waals surface area contributed by atoms with Crippen LogP contribution in [0.25, 0.3) is 17.0 Å². The molecule has 0 amide bonds. The van der Waals surface area contributed by atoms with Gasteiger partial charge in [-0.2, -0.15) is 18.3 Å². The Kier molecular flexibility index (Phi) is 6.22. The topological polar surface area (TPSA) is 117 Å². The van der Waals surface area contributed by atoms with Gasteiger partial charge in [0.05, 0.1) is 17.6 Å². The second-order valence-electron chi connectivity index (χ2n) is 6.18. The molecule has 1 saturated heterocycles. The van der Waals surface area contributed by atoms with Gasteiger partial charge in [-0.25, -0.2) is 24.3 Å². The molecule has 1 aliphatic heterocycles. The predicted molar refractivity (Wildman–Crippen MR) is 97.2 cm³/mol. The zero-order valence-corrected chi connectivity index (χ0v) is 15.1. The van der Waals surface area contributed by atoms with Crippen molar-refractivity contribution >= 4 is 17.6 Å². The van der Waals surface area contributed by atoms with Gasteiger partial charge in [-0.3, -0.25) is 0 Å². The maximum atomic E-state index is 10.6. The lowest BCUT2D eigenvalue weighted by Crippen LogP contribution is -2.35. The van der Waals surface area contributed by atoms with E-state index in [-0.39, 0.29) is 0 Å². The molecule has 29 heavy (non-hydrogen) atoms.